The maximum Gasteiger partial charge on any atom is 0.191 e. The van der Waals surface area contributed by atoms with E-state index in [0.29, 0.717) is 12.6 Å². The average molecular weight is 390 g/mol. The van der Waals surface area contributed by atoms with Crippen LogP contribution in [0.1, 0.15) is 17.7 Å². The zero-order valence-corrected chi connectivity index (χ0v) is 16.5. The topological polar surface area (TPSA) is 65.7 Å². The number of pyridine rings is 1. The highest BCUT2D eigenvalue weighted by Crippen LogP contribution is 2.17. The number of nitrogens with zero attached hydrogens (tertiary/aromatic N) is 3. The molecule has 1 atom stereocenters. The van der Waals surface area contributed by atoms with Gasteiger partial charge in [-0.1, -0.05) is 36.4 Å². The Labute approximate surface area is 171 Å². The van der Waals surface area contributed by atoms with Crippen molar-refractivity contribution in [2.75, 3.05) is 24.5 Å². The van der Waals surface area contributed by atoms with E-state index in [0.717, 1.165) is 50.0 Å². The number of anilines is 1. The molecule has 0 radical (unpaired) electrons. The van der Waals surface area contributed by atoms with Crippen LogP contribution in [0.3, 0.4) is 0 Å². The summed E-state index contributed by atoms with van der Waals surface area (Å²) in [5, 5.41) is 7.06. The molecule has 29 heavy (non-hydrogen) atoms. The molecule has 1 aliphatic rings. The molecule has 0 spiro atoms. The van der Waals surface area contributed by atoms with Crippen LogP contribution in [0.15, 0.2) is 82.5 Å². The van der Waals surface area contributed by atoms with Gasteiger partial charge in [0.05, 0.1) is 12.8 Å². The summed E-state index contributed by atoms with van der Waals surface area (Å²) in [6, 6.07) is 20.6. The molecule has 2 aromatic heterocycles. The van der Waals surface area contributed by atoms with Gasteiger partial charge in [-0.05, 0) is 36.2 Å². The Balaban J connectivity index is 1.36. The Hall–Kier alpha value is -3.28. The van der Waals surface area contributed by atoms with Gasteiger partial charge < -0.3 is 20.0 Å². The lowest BCUT2D eigenvalue weighted by molar-refractivity contribution is 0.506. The second-order valence-electron chi connectivity index (χ2n) is 7.17. The molecule has 0 bridgehead atoms. The maximum atomic E-state index is 5.43. The normalized spacial score (nSPS) is 16.8. The van der Waals surface area contributed by atoms with Gasteiger partial charge in [0.1, 0.15) is 11.6 Å². The van der Waals surface area contributed by atoms with E-state index in [-0.39, 0.29) is 0 Å². The fraction of sp³-hybridized carbons (Fsp3) is 0.304. The minimum Gasteiger partial charge on any atom is -0.469 e. The minimum absolute atomic E-state index is 0.336. The summed E-state index contributed by atoms with van der Waals surface area (Å²) >= 11 is 0. The van der Waals surface area contributed by atoms with Crippen LogP contribution in [0.4, 0.5) is 5.82 Å². The van der Waals surface area contributed by atoms with Crippen molar-refractivity contribution >= 4 is 11.8 Å². The Morgan fingerprint density at radius 3 is 2.79 bits per heavy atom. The second kappa shape index (κ2) is 9.78. The molecule has 6 nitrogen and oxygen atoms in total. The first kappa shape index (κ1) is 19.1. The lowest BCUT2D eigenvalue weighted by Crippen LogP contribution is -2.45. The molecule has 1 saturated heterocycles. The van der Waals surface area contributed by atoms with E-state index in [1.807, 2.05) is 48.7 Å². The van der Waals surface area contributed by atoms with Crippen molar-refractivity contribution in [3.05, 3.63) is 84.4 Å². The van der Waals surface area contributed by atoms with Gasteiger partial charge in [-0.25, -0.2) is 9.98 Å². The molecule has 0 aliphatic carbocycles. The molecule has 2 N–H and O–H groups in total. The highest BCUT2D eigenvalue weighted by atomic mass is 16.3. The highest BCUT2D eigenvalue weighted by Gasteiger charge is 2.24. The molecule has 6 heteroatoms. The van der Waals surface area contributed by atoms with Gasteiger partial charge in [-0.3, -0.25) is 0 Å². The van der Waals surface area contributed by atoms with Crippen molar-refractivity contribution in [3.8, 4) is 0 Å². The van der Waals surface area contributed by atoms with E-state index in [9.17, 15) is 0 Å². The van der Waals surface area contributed by atoms with Crippen LogP contribution in [-0.2, 0) is 13.0 Å². The maximum absolute atomic E-state index is 5.43. The van der Waals surface area contributed by atoms with Crippen molar-refractivity contribution in [2.45, 2.75) is 25.4 Å². The Kier molecular flexibility index (Phi) is 6.42. The van der Waals surface area contributed by atoms with Crippen molar-refractivity contribution in [2.24, 2.45) is 4.99 Å². The number of aromatic nitrogens is 1. The molecule has 4 rings (SSSR count). The number of hydrogen-bond acceptors (Lipinski definition) is 4. The molecule has 150 valence electrons. The fourth-order valence-corrected chi connectivity index (χ4v) is 3.49. The molecule has 1 fully saturated rings. The highest BCUT2D eigenvalue weighted by molar-refractivity contribution is 5.80. The van der Waals surface area contributed by atoms with Gasteiger partial charge in [0, 0.05) is 38.3 Å². The number of furan rings is 1. The Bertz CT molecular complexity index is 880. The smallest absolute Gasteiger partial charge is 0.191 e. The van der Waals surface area contributed by atoms with E-state index in [4.69, 9.17) is 9.41 Å². The van der Waals surface area contributed by atoms with Crippen LogP contribution >= 0.6 is 0 Å². The van der Waals surface area contributed by atoms with Crippen molar-refractivity contribution in [1.29, 1.82) is 0 Å². The van der Waals surface area contributed by atoms with E-state index in [2.05, 4.69) is 38.7 Å². The van der Waals surface area contributed by atoms with E-state index < -0.39 is 0 Å². The molecule has 0 saturated carbocycles. The van der Waals surface area contributed by atoms with Gasteiger partial charge >= 0.3 is 0 Å². The van der Waals surface area contributed by atoms with Gasteiger partial charge in [0.15, 0.2) is 5.96 Å². The summed E-state index contributed by atoms with van der Waals surface area (Å²) in [5.74, 6) is 2.85. The number of aliphatic imine (C=N–C) groups is 1. The van der Waals surface area contributed by atoms with Crippen LogP contribution in [0.25, 0.3) is 0 Å². The van der Waals surface area contributed by atoms with E-state index in [1.165, 1.54) is 5.56 Å². The molecular weight excluding hydrogens is 362 g/mol. The van der Waals surface area contributed by atoms with Gasteiger partial charge in [-0.2, -0.15) is 0 Å². The zero-order chi connectivity index (χ0) is 19.7. The Morgan fingerprint density at radius 1 is 1.10 bits per heavy atom. The first-order chi connectivity index (χ1) is 14.4. The van der Waals surface area contributed by atoms with Crippen LogP contribution in [-0.4, -0.2) is 36.6 Å². The molecule has 0 amide bonds. The lowest BCUT2D eigenvalue weighted by Gasteiger charge is -2.20. The summed E-state index contributed by atoms with van der Waals surface area (Å²) in [6.07, 6.45) is 5.44. The first-order valence-electron chi connectivity index (χ1n) is 10.1. The minimum atomic E-state index is 0.336. The third-order valence-corrected chi connectivity index (χ3v) is 5.01. The third-order valence-electron chi connectivity index (χ3n) is 5.01. The standard InChI is InChI=1S/C23H27N5O/c1-2-7-19(8-3-1)17-26-23(25-14-11-21-9-6-16-29-21)27-20-12-15-28(18-20)22-10-4-5-13-24-22/h1-10,13,16,20H,11-12,14-15,17-18H2,(H2,25,26,27). The van der Waals surface area contributed by atoms with Crippen LogP contribution in [0, 0.1) is 0 Å². The number of rotatable bonds is 7. The van der Waals surface area contributed by atoms with E-state index in [1.54, 1.807) is 6.26 Å². The van der Waals surface area contributed by atoms with Crippen LogP contribution in [0.5, 0.6) is 0 Å². The van der Waals surface area contributed by atoms with Gasteiger partial charge in [0.25, 0.3) is 0 Å². The molecule has 3 heterocycles. The van der Waals surface area contributed by atoms with Gasteiger partial charge in [0.2, 0.25) is 0 Å². The number of benzene rings is 1. The molecule has 3 aromatic rings. The Morgan fingerprint density at radius 2 is 2.00 bits per heavy atom. The van der Waals surface area contributed by atoms with Crippen molar-refractivity contribution in [3.63, 3.8) is 0 Å². The SMILES string of the molecule is c1ccc(CN=C(NCCc2ccco2)NC2CCN(c3ccccn3)C2)cc1. The monoisotopic (exact) mass is 389 g/mol. The predicted octanol–water partition coefficient (Wildman–Crippen LogP) is 3.23. The number of guanidine groups is 1. The molecular formula is C23H27N5O. The fourth-order valence-electron chi connectivity index (χ4n) is 3.49. The van der Waals surface area contributed by atoms with Crippen LogP contribution in [0.2, 0.25) is 0 Å². The summed E-state index contributed by atoms with van der Waals surface area (Å²) < 4.78 is 5.43. The molecule has 1 unspecified atom stereocenters. The first-order valence-corrected chi connectivity index (χ1v) is 10.1. The summed E-state index contributed by atoms with van der Waals surface area (Å²) in [7, 11) is 0. The second-order valence-corrected chi connectivity index (χ2v) is 7.17. The molecule has 1 aliphatic heterocycles. The quantitative estimate of drug-likeness (QED) is 0.480. The number of nitrogens with one attached hydrogen (secondary N) is 2. The summed E-state index contributed by atoms with van der Waals surface area (Å²) in [6.45, 7) is 3.33. The largest absolute Gasteiger partial charge is 0.469 e. The van der Waals surface area contributed by atoms with Crippen LogP contribution < -0.4 is 15.5 Å². The average Bonchev–Trinajstić information content (AvgIpc) is 3.46. The zero-order valence-electron chi connectivity index (χ0n) is 16.5. The van der Waals surface area contributed by atoms with Crippen molar-refractivity contribution < 1.29 is 4.42 Å². The summed E-state index contributed by atoms with van der Waals surface area (Å²) in [4.78, 5) is 11.6. The summed E-state index contributed by atoms with van der Waals surface area (Å²) in [5.41, 5.74) is 1.20. The van der Waals surface area contributed by atoms with Gasteiger partial charge in [-0.15, -0.1) is 0 Å². The van der Waals surface area contributed by atoms with E-state index >= 15 is 0 Å². The van der Waals surface area contributed by atoms with Crippen molar-refractivity contribution in [1.82, 2.24) is 15.6 Å². The predicted molar refractivity (Wildman–Crippen MR) is 116 cm³/mol. The lowest BCUT2D eigenvalue weighted by atomic mass is 10.2. The molecule has 1 aromatic carbocycles. The number of hydrogen-bond donors (Lipinski definition) is 2. The third kappa shape index (κ3) is 5.60.